The van der Waals surface area contributed by atoms with Gasteiger partial charge in [-0.1, -0.05) is 386 Å². The predicted molar refractivity (Wildman–Crippen MR) is 434 cm³/mol. The molecule has 9 nitrogen and oxygen atoms in total. The lowest BCUT2D eigenvalue weighted by molar-refractivity contribution is -0.870. The summed E-state index contributed by atoms with van der Waals surface area (Å²) in [6.07, 6.45) is 115. The number of ether oxygens (including phenoxy) is 2. The number of allylic oxidation sites excluding steroid dienone is 20. The number of nitrogens with zero attached hydrogens (tertiary/aromatic N) is 1. The first kappa shape index (κ1) is 96.4. The molecule has 2 atom stereocenters. The van der Waals surface area contributed by atoms with Crippen LogP contribution in [0.4, 0.5) is 0 Å². The first-order valence-corrected chi connectivity index (χ1v) is 43.7. The lowest BCUT2D eigenvalue weighted by atomic mass is 10.0. The zero-order valence-corrected chi connectivity index (χ0v) is 67.0. The van der Waals surface area contributed by atoms with Crippen molar-refractivity contribution in [2.45, 2.75) is 392 Å². The summed E-state index contributed by atoms with van der Waals surface area (Å²) < 4.78 is 34.5. The van der Waals surface area contributed by atoms with E-state index in [-0.39, 0.29) is 32.0 Å². The number of unbranched alkanes of at least 4 members (excludes halogenated alkanes) is 44. The van der Waals surface area contributed by atoms with Crippen molar-refractivity contribution in [3.63, 3.8) is 0 Å². The second-order valence-electron chi connectivity index (χ2n) is 29.5. The van der Waals surface area contributed by atoms with E-state index < -0.39 is 26.5 Å². The van der Waals surface area contributed by atoms with E-state index in [0.29, 0.717) is 17.4 Å². The molecule has 0 saturated carbocycles. The normalized spacial score (nSPS) is 13.6. The van der Waals surface area contributed by atoms with Crippen LogP contribution in [-0.2, 0) is 32.7 Å². The van der Waals surface area contributed by atoms with Gasteiger partial charge in [-0.2, -0.15) is 0 Å². The number of rotatable bonds is 78. The lowest BCUT2D eigenvalue weighted by Gasteiger charge is -2.28. The van der Waals surface area contributed by atoms with E-state index in [1.165, 1.54) is 257 Å². The topological polar surface area (TPSA) is 111 Å². The summed E-state index contributed by atoms with van der Waals surface area (Å²) in [4.78, 5) is 38.2. The molecular formula is C90H160NO8P. The van der Waals surface area contributed by atoms with Gasteiger partial charge in [-0.25, -0.2) is 0 Å². The van der Waals surface area contributed by atoms with Crippen LogP contribution < -0.4 is 4.89 Å². The molecule has 0 aromatic heterocycles. The minimum absolute atomic E-state index is 0.0328. The third kappa shape index (κ3) is 83.4. The molecule has 578 valence electrons. The van der Waals surface area contributed by atoms with Gasteiger partial charge in [-0.05, 0) is 109 Å². The zero-order valence-electron chi connectivity index (χ0n) is 66.1. The number of phosphoric ester groups is 1. The van der Waals surface area contributed by atoms with Crippen LogP contribution in [0.1, 0.15) is 386 Å². The summed E-state index contributed by atoms with van der Waals surface area (Å²) in [6.45, 7) is 4.16. The average Bonchev–Trinajstić information content (AvgIpc) is 1.07. The van der Waals surface area contributed by atoms with Gasteiger partial charge in [-0.3, -0.25) is 14.2 Å². The van der Waals surface area contributed by atoms with Gasteiger partial charge < -0.3 is 27.9 Å². The van der Waals surface area contributed by atoms with Crippen LogP contribution in [0, 0.1) is 0 Å². The zero-order chi connectivity index (χ0) is 72.5. The Bertz CT molecular complexity index is 2110. The summed E-state index contributed by atoms with van der Waals surface area (Å²) >= 11 is 0. The molecule has 0 aliphatic carbocycles. The summed E-state index contributed by atoms with van der Waals surface area (Å²) in [5, 5.41) is 0. The molecule has 0 aromatic carbocycles. The lowest BCUT2D eigenvalue weighted by Crippen LogP contribution is -2.37. The van der Waals surface area contributed by atoms with E-state index in [2.05, 4.69) is 135 Å². The highest BCUT2D eigenvalue weighted by atomic mass is 31.2. The minimum Gasteiger partial charge on any atom is -0.756 e. The van der Waals surface area contributed by atoms with Crippen LogP contribution in [0.3, 0.4) is 0 Å². The maximum Gasteiger partial charge on any atom is 0.306 e. The van der Waals surface area contributed by atoms with E-state index in [4.69, 9.17) is 18.5 Å². The van der Waals surface area contributed by atoms with Crippen LogP contribution in [0.2, 0.25) is 0 Å². The standard InChI is InChI=1S/C90H160NO8P/c1-6-8-10-12-14-16-18-20-22-24-26-28-30-32-34-36-38-40-42-44-45-47-49-51-53-55-57-59-61-63-65-67-69-71-73-75-77-79-81-83-90(93)99-88(87-98-100(94,95)97-85-84-91(3,4)5)86-96-89(92)82-80-78-76-74-72-70-68-66-64-62-60-58-56-54-52-50-48-46-43-41-39-37-35-33-31-29-27-25-23-21-19-17-15-13-11-9-7-2/h8,10,14,16,19-22,25-28,32,34,38,40,44-45,49,51,88H,6-7,9,11-13,15,17-18,23-24,29-31,33,35-37,39,41-43,46-48,50,52-87H2,1-5H3/b10-8-,16-14-,21-19-,22-20-,27-25-,28-26-,34-32-,40-38-,45-44-,51-49-. The summed E-state index contributed by atoms with van der Waals surface area (Å²) in [6, 6.07) is 0. The third-order valence-electron chi connectivity index (χ3n) is 18.5. The molecule has 100 heavy (non-hydrogen) atoms. The smallest absolute Gasteiger partial charge is 0.306 e. The van der Waals surface area contributed by atoms with Crippen LogP contribution in [-0.4, -0.2) is 70.0 Å². The molecule has 0 aliphatic rings. The van der Waals surface area contributed by atoms with Crippen LogP contribution in [0.5, 0.6) is 0 Å². The molecule has 0 saturated heterocycles. The van der Waals surface area contributed by atoms with Gasteiger partial charge in [0.1, 0.15) is 19.8 Å². The van der Waals surface area contributed by atoms with E-state index in [9.17, 15) is 19.0 Å². The minimum atomic E-state index is -4.65. The first-order valence-electron chi connectivity index (χ1n) is 42.2. The number of likely N-dealkylation sites (N-methyl/N-ethyl adjacent to an activating group) is 1. The highest BCUT2D eigenvalue weighted by Crippen LogP contribution is 2.38. The largest absolute Gasteiger partial charge is 0.756 e. The van der Waals surface area contributed by atoms with Crippen molar-refractivity contribution in [1.82, 2.24) is 0 Å². The van der Waals surface area contributed by atoms with Gasteiger partial charge >= 0.3 is 11.9 Å². The van der Waals surface area contributed by atoms with Crippen LogP contribution in [0.15, 0.2) is 122 Å². The molecule has 0 amide bonds. The van der Waals surface area contributed by atoms with Crippen molar-refractivity contribution >= 4 is 19.8 Å². The molecule has 0 aromatic rings. The Morgan fingerprint density at radius 1 is 0.320 bits per heavy atom. The fraction of sp³-hybridized carbons (Fsp3) is 0.756. The molecule has 0 spiro atoms. The van der Waals surface area contributed by atoms with E-state index in [1.54, 1.807) is 0 Å². The summed E-state index contributed by atoms with van der Waals surface area (Å²) in [7, 11) is 1.17. The van der Waals surface area contributed by atoms with Crippen molar-refractivity contribution in [2.24, 2.45) is 0 Å². The number of carbonyl (C=O) groups is 2. The number of esters is 2. The summed E-state index contributed by atoms with van der Waals surface area (Å²) in [5.41, 5.74) is 0. The molecule has 0 bridgehead atoms. The fourth-order valence-corrected chi connectivity index (χ4v) is 12.8. The van der Waals surface area contributed by atoms with Gasteiger partial charge in [0.15, 0.2) is 6.10 Å². The Labute approximate surface area is 619 Å². The van der Waals surface area contributed by atoms with Gasteiger partial charge in [0.25, 0.3) is 7.82 Å². The monoisotopic (exact) mass is 1410 g/mol. The molecule has 0 N–H and O–H groups in total. The van der Waals surface area contributed by atoms with E-state index in [1.807, 2.05) is 21.1 Å². The number of hydrogen-bond donors (Lipinski definition) is 0. The Morgan fingerprint density at radius 3 is 0.850 bits per heavy atom. The Hall–Kier alpha value is -3.59. The Balaban J connectivity index is 3.94. The quantitative estimate of drug-likeness (QED) is 0.0195. The summed E-state index contributed by atoms with van der Waals surface area (Å²) in [5.74, 6) is -0.821. The van der Waals surface area contributed by atoms with Crippen molar-refractivity contribution in [2.75, 3.05) is 47.5 Å². The average molecular weight is 1420 g/mol. The van der Waals surface area contributed by atoms with E-state index in [0.717, 1.165) is 96.3 Å². The molecule has 2 unspecified atom stereocenters. The molecule has 0 radical (unpaired) electrons. The van der Waals surface area contributed by atoms with Crippen molar-refractivity contribution in [3.05, 3.63) is 122 Å². The highest BCUT2D eigenvalue weighted by Gasteiger charge is 2.22. The van der Waals surface area contributed by atoms with Gasteiger partial charge in [0, 0.05) is 12.8 Å². The van der Waals surface area contributed by atoms with Crippen LogP contribution >= 0.6 is 7.82 Å². The SMILES string of the molecule is CC/C=C\C/C=C\C/C=C\C/C=C\C/C=C\C/C=C\C/C=C\C/C=C\CCCCCCCCCCCCCCCCC(=O)OC(COC(=O)CCCCCCCCCCCCCCCCCCCCCCCCCCC/C=C\C/C=C\CCCCCCC)COP(=O)([O-])OCC[N+](C)(C)C. The first-order chi connectivity index (χ1) is 49.0. The van der Waals surface area contributed by atoms with Gasteiger partial charge in [0.05, 0.1) is 27.7 Å². The van der Waals surface area contributed by atoms with Crippen molar-refractivity contribution in [1.29, 1.82) is 0 Å². The molecule has 0 heterocycles. The Morgan fingerprint density at radius 2 is 0.570 bits per heavy atom. The second-order valence-corrected chi connectivity index (χ2v) is 30.9. The van der Waals surface area contributed by atoms with E-state index >= 15 is 0 Å². The van der Waals surface area contributed by atoms with Crippen molar-refractivity contribution in [3.8, 4) is 0 Å². The molecule has 10 heteroatoms. The number of hydrogen-bond acceptors (Lipinski definition) is 8. The predicted octanol–water partition coefficient (Wildman–Crippen LogP) is 27.9. The Kier molecular flexibility index (Phi) is 76.7. The number of carbonyl (C=O) groups excluding carboxylic acids is 2. The maximum atomic E-state index is 12.9. The molecule has 0 fully saturated rings. The fourth-order valence-electron chi connectivity index (χ4n) is 12.1. The maximum absolute atomic E-state index is 12.9. The van der Waals surface area contributed by atoms with Gasteiger partial charge in [0.2, 0.25) is 0 Å². The third-order valence-corrected chi connectivity index (χ3v) is 19.4. The molecular weight excluding hydrogens is 1250 g/mol. The highest BCUT2D eigenvalue weighted by molar-refractivity contribution is 7.45. The van der Waals surface area contributed by atoms with Crippen LogP contribution in [0.25, 0.3) is 0 Å². The number of quaternary nitrogens is 1. The van der Waals surface area contributed by atoms with Gasteiger partial charge in [-0.15, -0.1) is 0 Å². The molecule has 0 rings (SSSR count). The second kappa shape index (κ2) is 79.5. The van der Waals surface area contributed by atoms with Crippen molar-refractivity contribution < 1.29 is 42.1 Å². The molecule has 0 aliphatic heterocycles. The number of phosphoric acid groups is 1.